The van der Waals surface area contributed by atoms with E-state index in [0.29, 0.717) is 17.1 Å². The van der Waals surface area contributed by atoms with Crippen LogP contribution in [0.5, 0.6) is 11.5 Å². The van der Waals surface area contributed by atoms with E-state index in [1.165, 1.54) is 60.1 Å². The number of halogens is 2. The Morgan fingerprint density at radius 1 is 1.03 bits per heavy atom. The average molecular weight is 474 g/mol. The predicted octanol–water partition coefficient (Wildman–Crippen LogP) is 3.86. The number of carbonyl (C=O) groups excluding carboxylic acids is 1. The molecule has 0 saturated carbocycles. The molecule has 3 aromatic carbocycles. The van der Waals surface area contributed by atoms with E-state index in [9.17, 15) is 27.2 Å². The number of sulfonamides is 1. The van der Waals surface area contributed by atoms with Gasteiger partial charge in [0.05, 0.1) is 4.90 Å². The van der Waals surface area contributed by atoms with Crippen LogP contribution in [0.3, 0.4) is 0 Å². The third-order valence-corrected chi connectivity index (χ3v) is 7.40. The van der Waals surface area contributed by atoms with Gasteiger partial charge in [0.15, 0.2) is 0 Å². The summed E-state index contributed by atoms with van der Waals surface area (Å²) in [6, 6.07) is 11.9. The molecule has 0 radical (unpaired) electrons. The molecule has 1 unspecified atom stereocenters. The molecular formula is C23H20F2N2O5S. The first kappa shape index (κ1) is 22.8. The van der Waals surface area contributed by atoms with Gasteiger partial charge in [-0.1, -0.05) is 6.07 Å². The number of nitrogens with zero attached hydrogens (tertiary/aromatic N) is 1. The van der Waals surface area contributed by atoms with Crippen LogP contribution >= 0.6 is 0 Å². The molecule has 1 heterocycles. The van der Waals surface area contributed by atoms with Crippen LogP contribution in [0.1, 0.15) is 22.7 Å². The zero-order chi connectivity index (χ0) is 23.8. The minimum Gasteiger partial charge on any atom is -0.457 e. The zero-order valence-corrected chi connectivity index (χ0v) is 18.3. The first-order valence-corrected chi connectivity index (χ1v) is 11.4. The van der Waals surface area contributed by atoms with Crippen molar-refractivity contribution in [3.8, 4) is 11.5 Å². The Labute approximate surface area is 189 Å². The lowest BCUT2D eigenvalue weighted by Crippen LogP contribution is -2.47. The Morgan fingerprint density at radius 2 is 1.64 bits per heavy atom. The number of hydrogen-bond acceptors (Lipinski definition) is 5. The molecule has 172 valence electrons. The summed E-state index contributed by atoms with van der Waals surface area (Å²) in [5.74, 6) is -1.52. The average Bonchev–Trinajstić information content (AvgIpc) is 2.82. The predicted molar refractivity (Wildman–Crippen MR) is 114 cm³/mol. The Hall–Kier alpha value is -3.34. The second-order valence-corrected chi connectivity index (χ2v) is 9.42. The molecule has 4 rings (SSSR count). The molecule has 1 aliphatic heterocycles. The van der Waals surface area contributed by atoms with Gasteiger partial charge >= 0.3 is 0 Å². The topological polar surface area (TPSA) is 95.9 Å². The van der Waals surface area contributed by atoms with Crippen molar-refractivity contribution in [2.45, 2.75) is 24.3 Å². The smallest absolute Gasteiger partial charge is 0.266 e. The van der Waals surface area contributed by atoms with Crippen molar-refractivity contribution in [3.05, 3.63) is 89.0 Å². The molecular weight excluding hydrogens is 454 g/mol. The first-order valence-electron chi connectivity index (χ1n) is 9.99. The number of benzene rings is 3. The lowest BCUT2D eigenvalue weighted by atomic mass is 9.90. The summed E-state index contributed by atoms with van der Waals surface area (Å²) in [5.41, 5.74) is 2.65. The standard InChI is InChI=1S/C23H20F2N2O5S/c1-14-2-11-20(25)21-19(14)12-13-27(22(21)23(28)26-29)33(30,31)18-9-7-17(8-10-18)32-16-5-3-15(24)4-6-16/h2-11,22,29H,12-13H2,1H3,(H,26,28). The number of rotatable bonds is 5. The van der Waals surface area contributed by atoms with Crippen LogP contribution < -0.4 is 10.2 Å². The number of hydrogen-bond donors (Lipinski definition) is 2. The number of hydroxylamine groups is 1. The van der Waals surface area contributed by atoms with E-state index in [-0.39, 0.29) is 23.4 Å². The monoisotopic (exact) mass is 474 g/mol. The van der Waals surface area contributed by atoms with Crippen molar-refractivity contribution >= 4 is 15.9 Å². The van der Waals surface area contributed by atoms with Crippen molar-refractivity contribution < 1.29 is 31.9 Å². The Morgan fingerprint density at radius 3 is 2.24 bits per heavy atom. The number of carbonyl (C=O) groups is 1. The van der Waals surface area contributed by atoms with Gasteiger partial charge in [0.1, 0.15) is 29.2 Å². The third kappa shape index (κ3) is 4.32. The quantitative estimate of drug-likeness (QED) is 0.433. The van der Waals surface area contributed by atoms with Gasteiger partial charge in [0.2, 0.25) is 10.0 Å². The van der Waals surface area contributed by atoms with Gasteiger partial charge in [-0.3, -0.25) is 10.0 Å². The Bertz CT molecular complexity index is 1300. The van der Waals surface area contributed by atoms with Gasteiger partial charge in [-0.2, -0.15) is 4.31 Å². The maximum absolute atomic E-state index is 14.7. The number of fused-ring (bicyclic) bond motifs is 1. The summed E-state index contributed by atoms with van der Waals surface area (Å²) in [6.45, 7) is 1.67. The second-order valence-electron chi connectivity index (χ2n) is 7.53. The Balaban J connectivity index is 1.67. The van der Waals surface area contributed by atoms with Gasteiger partial charge in [-0.05, 0) is 79.1 Å². The molecule has 33 heavy (non-hydrogen) atoms. The maximum atomic E-state index is 14.7. The van der Waals surface area contributed by atoms with Crippen LogP contribution in [-0.2, 0) is 21.2 Å². The minimum absolute atomic E-state index is 0.0763. The summed E-state index contributed by atoms with van der Waals surface area (Å²) in [7, 11) is -4.24. The fourth-order valence-electron chi connectivity index (χ4n) is 3.90. The van der Waals surface area contributed by atoms with Crippen molar-refractivity contribution in [2.75, 3.05) is 6.54 Å². The van der Waals surface area contributed by atoms with Gasteiger partial charge in [0.25, 0.3) is 5.91 Å². The second kappa shape index (κ2) is 8.89. The van der Waals surface area contributed by atoms with Crippen LogP contribution in [0.2, 0.25) is 0 Å². The van der Waals surface area contributed by atoms with Crippen LogP contribution in [0, 0.1) is 18.6 Å². The van der Waals surface area contributed by atoms with E-state index in [2.05, 4.69) is 0 Å². The van der Waals surface area contributed by atoms with Crippen LogP contribution in [-0.4, -0.2) is 30.4 Å². The van der Waals surface area contributed by atoms with Crippen molar-refractivity contribution in [2.24, 2.45) is 0 Å². The van der Waals surface area contributed by atoms with Crippen LogP contribution in [0.4, 0.5) is 8.78 Å². The van der Waals surface area contributed by atoms with E-state index >= 15 is 0 Å². The van der Waals surface area contributed by atoms with Crippen molar-refractivity contribution in [1.82, 2.24) is 9.79 Å². The highest BCUT2D eigenvalue weighted by Gasteiger charge is 2.42. The first-order chi connectivity index (χ1) is 15.7. The van der Waals surface area contributed by atoms with E-state index in [1.54, 1.807) is 13.0 Å². The van der Waals surface area contributed by atoms with E-state index < -0.39 is 33.6 Å². The van der Waals surface area contributed by atoms with Crippen LogP contribution in [0.25, 0.3) is 0 Å². The van der Waals surface area contributed by atoms with E-state index in [4.69, 9.17) is 4.74 Å². The normalized spacial score (nSPS) is 16.2. The summed E-state index contributed by atoms with van der Waals surface area (Å²) >= 11 is 0. The number of amides is 1. The van der Waals surface area contributed by atoms with Crippen molar-refractivity contribution in [1.29, 1.82) is 0 Å². The lowest BCUT2D eigenvalue weighted by Gasteiger charge is -2.35. The summed E-state index contributed by atoms with van der Waals surface area (Å²) in [5, 5.41) is 9.24. The van der Waals surface area contributed by atoms with Gasteiger partial charge in [-0.15, -0.1) is 0 Å². The largest absolute Gasteiger partial charge is 0.457 e. The highest BCUT2D eigenvalue weighted by Crippen LogP contribution is 2.37. The van der Waals surface area contributed by atoms with Crippen molar-refractivity contribution in [3.63, 3.8) is 0 Å². The molecule has 0 aliphatic carbocycles. The number of ether oxygens (including phenoxy) is 1. The Kier molecular flexibility index (Phi) is 6.15. The molecule has 0 aromatic heterocycles. The lowest BCUT2D eigenvalue weighted by molar-refractivity contribution is -0.133. The number of aryl methyl sites for hydroxylation is 1. The SMILES string of the molecule is Cc1ccc(F)c2c1CCN(S(=O)(=O)c1ccc(Oc3ccc(F)cc3)cc1)C2C(=O)NO. The van der Waals surface area contributed by atoms with Gasteiger partial charge < -0.3 is 4.74 Å². The molecule has 0 fully saturated rings. The molecule has 1 amide bonds. The third-order valence-electron chi connectivity index (χ3n) is 5.52. The molecule has 2 N–H and O–H groups in total. The summed E-state index contributed by atoms with van der Waals surface area (Å²) in [4.78, 5) is 12.3. The molecule has 0 spiro atoms. The minimum atomic E-state index is -4.24. The molecule has 3 aromatic rings. The molecule has 1 atom stereocenters. The molecule has 10 heteroatoms. The molecule has 7 nitrogen and oxygen atoms in total. The fourth-order valence-corrected chi connectivity index (χ4v) is 5.46. The summed E-state index contributed by atoms with van der Waals surface area (Å²) < 4.78 is 61.0. The van der Waals surface area contributed by atoms with Crippen LogP contribution in [0.15, 0.2) is 65.6 Å². The highest BCUT2D eigenvalue weighted by molar-refractivity contribution is 7.89. The molecule has 0 bridgehead atoms. The fraction of sp³-hybridized carbons (Fsp3) is 0.174. The van der Waals surface area contributed by atoms with E-state index in [0.717, 1.165) is 9.87 Å². The molecule has 0 saturated heterocycles. The zero-order valence-electron chi connectivity index (χ0n) is 17.5. The highest BCUT2D eigenvalue weighted by atomic mass is 32.2. The van der Waals surface area contributed by atoms with Gasteiger partial charge in [0, 0.05) is 12.1 Å². The maximum Gasteiger partial charge on any atom is 0.266 e. The van der Waals surface area contributed by atoms with E-state index in [1.807, 2.05) is 0 Å². The summed E-state index contributed by atoms with van der Waals surface area (Å²) in [6.07, 6.45) is 0.207. The van der Waals surface area contributed by atoms with Gasteiger partial charge in [-0.25, -0.2) is 22.7 Å². The molecule has 1 aliphatic rings. The number of nitrogens with one attached hydrogen (secondary N) is 1.